The summed E-state index contributed by atoms with van der Waals surface area (Å²) in [5, 5.41) is 8.78. The predicted octanol–water partition coefficient (Wildman–Crippen LogP) is 3.41. The summed E-state index contributed by atoms with van der Waals surface area (Å²) in [5.41, 5.74) is 1.06. The van der Waals surface area contributed by atoms with Crippen LogP contribution in [0.5, 0.6) is 0 Å². The summed E-state index contributed by atoms with van der Waals surface area (Å²) < 4.78 is 0. The Kier molecular flexibility index (Phi) is 6.86. The first-order valence-electron chi connectivity index (χ1n) is 7.68. The molecule has 4 nitrogen and oxygen atoms in total. The Morgan fingerprint density at radius 1 is 1.36 bits per heavy atom. The number of likely N-dealkylation sites (N-methyl/N-ethyl adjacent to an activating group) is 1. The molecule has 0 fully saturated rings. The summed E-state index contributed by atoms with van der Waals surface area (Å²) in [6, 6.07) is 4.29. The molecule has 0 aliphatic rings. The van der Waals surface area contributed by atoms with Gasteiger partial charge in [-0.1, -0.05) is 13.0 Å². The fraction of sp³-hybridized carbons (Fsp3) is 0.500. The van der Waals surface area contributed by atoms with Crippen LogP contribution in [-0.2, 0) is 19.4 Å². The molecule has 2 rings (SSSR count). The van der Waals surface area contributed by atoms with Crippen LogP contribution in [0.1, 0.15) is 29.4 Å². The molecule has 22 heavy (non-hydrogen) atoms. The number of nitrogens with one attached hydrogen (secondary N) is 1. The van der Waals surface area contributed by atoms with E-state index in [1.54, 1.807) is 11.3 Å². The third-order valence-corrected chi connectivity index (χ3v) is 5.24. The first kappa shape index (κ1) is 17.0. The number of hydrogen-bond donors (Lipinski definition) is 1. The number of thiophene rings is 1. The highest BCUT2D eigenvalue weighted by Gasteiger charge is 2.07. The summed E-state index contributed by atoms with van der Waals surface area (Å²) in [6.45, 7) is 6.71. The lowest BCUT2D eigenvalue weighted by Gasteiger charge is -2.21. The average Bonchev–Trinajstić information content (AvgIpc) is 3.20. The number of aryl methyl sites for hydroxylation is 1. The first-order chi connectivity index (χ1) is 10.7. The van der Waals surface area contributed by atoms with E-state index in [-0.39, 0.29) is 0 Å². The zero-order valence-corrected chi connectivity index (χ0v) is 15.1. The summed E-state index contributed by atoms with van der Waals surface area (Å²) in [6.07, 6.45) is 2.05. The average molecular weight is 337 g/mol. The molecule has 2 aromatic heterocycles. The lowest BCUT2D eigenvalue weighted by atomic mass is 10.3. The minimum absolute atomic E-state index is 0.641. The van der Waals surface area contributed by atoms with Crippen LogP contribution in [0.2, 0.25) is 0 Å². The number of guanidine groups is 1. The van der Waals surface area contributed by atoms with Crippen LogP contribution in [0.4, 0.5) is 0 Å². The van der Waals surface area contributed by atoms with Gasteiger partial charge in [0.25, 0.3) is 0 Å². The van der Waals surface area contributed by atoms with E-state index < -0.39 is 0 Å². The monoisotopic (exact) mass is 336 g/mol. The van der Waals surface area contributed by atoms with E-state index in [2.05, 4.69) is 59.0 Å². The summed E-state index contributed by atoms with van der Waals surface area (Å²) >= 11 is 3.53. The number of thiazole rings is 1. The minimum Gasteiger partial charge on any atom is -0.357 e. The topological polar surface area (TPSA) is 40.5 Å². The third-order valence-electron chi connectivity index (χ3n) is 3.26. The van der Waals surface area contributed by atoms with Crippen molar-refractivity contribution < 1.29 is 0 Å². The molecule has 0 aliphatic carbocycles. The molecule has 2 aromatic rings. The first-order valence-corrected chi connectivity index (χ1v) is 9.44. The van der Waals surface area contributed by atoms with E-state index in [1.165, 1.54) is 9.88 Å². The SMILES string of the molecule is CCNC(=NCc1csc(CC)n1)N(C)CCc1cccs1. The van der Waals surface area contributed by atoms with E-state index in [0.717, 1.165) is 37.6 Å². The Hall–Kier alpha value is -1.40. The van der Waals surface area contributed by atoms with Gasteiger partial charge in [-0.3, -0.25) is 0 Å². The third kappa shape index (κ3) is 5.10. The van der Waals surface area contributed by atoms with E-state index in [0.29, 0.717) is 6.54 Å². The van der Waals surface area contributed by atoms with Gasteiger partial charge >= 0.3 is 0 Å². The zero-order chi connectivity index (χ0) is 15.8. The van der Waals surface area contributed by atoms with Gasteiger partial charge < -0.3 is 10.2 Å². The highest BCUT2D eigenvalue weighted by atomic mass is 32.1. The van der Waals surface area contributed by atoms with Crippen molar-refractivity contribution in [3.63, 3.8) is 0 Å². The molecule has 0 radical (unpaired) electrons. The van der Waals surface area contributed by atoms with Crippen LogP contribution >= 0.6 is 22.7 Å². The van der Waals surface area contributed by atoms with Crippen molar-refractivity contribution in [1.82, 2.24) is 15.2 Å². The van der Waals surface area contributed by atoms with Gasteiger partial charge in [0.15, 0.2) is 5.96 Å². The van der Waals surface area contributed by atoms with Crippen molar-refractivity contribution in [2.24, 2.45) is 4.99 Å². The van der Waals surface area contributed by atoms with Crippen LogP contribution in [0.25, 0.3) is 0 Å². The van der Waals surface area contributed by atoms with E-state index >= 15 is 0 Å². The van der Waals surface area contributed by atoms with E-state index in [9.17, 15) is 0 Å². The Morgan fingerprint density at radius 3 is 2.86 bits per heavy atom. The fourth-order valence-corrected chi connectivity index (χ4v) is 3.48. The number of nitrogens with zero attached hydrogens (tertiary/aromatic N) is 3. The molecule has 0 aliphatic heterocycles. The molecule has 0 saturated heterocycles. The Bertz CT molecular complexity index is 575. The highest BCUT2D eigenvalue weighted by molar-refractivity contribution is 7.10. The van der Waals surface area contributed by atoms with Crippen molar-refractivity contribution in [3.05, 3.63) is 38.5 Å². The van der Waals surface area contributed by atoms with Crippen LogP contribution in [0.3, 0.4) is 0 Å². The summed E-state index contributed by atoms with van der Waals surface area (Å²) in [5.74, 6) is 0.949. The lowest BCUT2D eigenvalue weighted by Crippen LogP contribution is -2.39. The largest absolute Gasteiger partial charge is 0.357 e. The van der Waals surface area contributed by atoms with Crippen molar-refractivity contribution >= 4 is 28.6 Å². The molecule has 0 aromatic carbocycles. The number of aliphatic imine (C=N–C) groups is 1. The normalized spacial score (nSPS) is 11.7. The van der Waals surface area contributed by atoms with Crippen molar-refractivity contribution in [2.45, 2.75) is 33.2 Å². The molecule has 0 unspecified atom stereocenters. The molecule has 0 atom stereocenters. The fourth-order valence-electron chi connectivity index (χ4n) is 2.05. The van der Waals surface area contributed by atoms with Gasteiger partial charge in [-0.2, -0.15) is 0 Å². The van der Waals surface area contributed by atoms with Gasteiger partial charge in [0.2, 0.25) is 0 Å². The molecule has 120 valence electrons. The Labute approximate surface area is 140 Å². The zero-order valence-electron chi connectivity index (χ0n) is 13.5. The quantitative estimate of drug-likeness (QED) is 0.622. The van der Waals surface area contributed by atoms with E-state index in [4.69, 9.17) is 4.99 Å². The van der Waals surface area contributed by atoms with Crippen molar-refractivity contribution in [3.8, 4) is 0 Å². The molecule has 0 amide bonds. The molecule has 0 saturated carbocycles. The van der Waals surface area contributed by atoms with Crippen LogP contribution < -0.4 is 5.32 Å². The summed E-state index contributed by atoms with van der Waals surface area (Å²) in [4.78, 5) is 12.9. The van der Waals surface area contributed by atoms with Crippen molar-refractivity contribution in [1.29, 1.82) is 0 Å². The molecule has 2 heterocycles. The number of rotatable bonds is 7. The van der Waals surface area contributed by atoms with Gasteiger partial charge in [-0.25, -0.2) is 9.98 Å². The van der Waals surface area contributed by atoms with Gasteiger partial charge in [-0.15, -0.1) is 22.7 Å². The molecule has 6 heteroatoms. The molecular formula is C16H24N4S2. The summed E-state index contributed by atoms with van der Waals surface area (Å²) in [7, 11) is 2.09. The second-order valence-electron chi connectivity index (χ2n) is 5.01. The smallest absolute Gasteiger partial charge is 0.194 e. The van der Waals surface area contributed by atoms with Gasteiger partial charge in [0, 0.05) is 30.4 Å². The molecule has 0 bridgehead atoms. The van der Waals surface area contributed by atoms with Crippen LogP contribution in [-0.4, -0.2) is 36.0 Å². The lowest BCUT2D eigenvalue weighted by molar-refractivity contribution is 0.486. The second kappa shape index (κ2) is 8.90. The van der Waals surface area contributed by atoms with Crippen LogP contribution in [0, 0.1) is 0 Å². The standard InChI is InChI=1S/C16H24N4S2/c1-4-15-19-13(12-22-15)11-18-16(17-5-2)20(3)9-8-14-7-6-10-21-14/h6-7,10,12H,4-5,8-9,11H2,1-3H3,(H,17,18). The number of aromatic nitrogens is 1. The van der Waals surface area contributed by atoms with Gasteiger partial charge in [0.1, 0.15) is 0 Å². The molecular weight excluding hydrogens is 312 g/mol. The number of hydrogen-bond acceptors (Lipinski definition) is 4. The van der Waals surface area contributed by atoms with Crippen molar-refractivity contribution in [2.75, 3.05) is 20.1 Å². The maximum Gasteiger partial charge on any atom is 0.194 e. The van der Waals surface area contributed by atoms with Crippen LogP contribution in [0.15, 0.2) is 27.9 Å². The predicted molar refractivity (Wildman–Crippen MR) is 97.0 cm³/mol. The molecule has 0 spiro atoms. The second-order valence-corrected chi connectivity index (χ2v) is 6.98. The molecule has 1 N–H and O–H groups in total. The highest BCUT2D eigenvalue weighted by Crippen LogP contribution is 2.12. The van der Waals surface area contributed by atoms with Gasteiger partial charge in [-0.05, 0) is 31.2 Å². The van der Waals surface area contributed by atoms with E-state index in [1.807, 2.05) is 11.3 Å². The maximum absolute atomic E-state index is 4.71. The minimum atomic E-state index is 0.641. The van der Waals surface area contributed by atoms with Gasteiger partial charge in [0.05, 0.1) is 17.2 Å². The Morgan fingerprint density at radius 2 is 2.23 bits per heavy atom. The maximum atomic E-state index is 4.71. The Balaban J connectivity index is 1.93.